The van der Waals surface area contributed by atoms with Gasteiger partial charge in [-0.3, -0.25) is 0 Å². The Morgan fingerprint density at radius 1 is 1.80 bits per heavy atom. The molecular weight excluding hydrogens is 66.0 g/mol. The predicted octanol–water partition coefficient (Wildman–Crippen LogP) is -0.441. The van der Waals surface area contributed by atoms with Crippen LogP contribution >= 0.6 is 0 Å². The van der Waals surface area contributed by atoms with Gasteiger partial charge >= 0.3 is 0 Å². The van der Waals surface area contributed by atoms with E-state index in [1.807, 2.05) is 0 Å². The summed E-state index contributed by atoms with van der Waals surface area (Å²) in [5.41, 5.74) is 0. The topological polar surface area (TPSA) is 34.3 Å². The molecule has 0 bridgehead atoms. The van der Waals surface area contributed by atoms with Crippen molar-refractivity contribution in [1.82, 2.24) is 5.32 Å². The second-order valence-corrected chi connectivity index (χ2v) is 0.890. The molecule has 0 aromatic heterocycles. The van der Waals surface area contributed by atoms with Gasteiger partial charge in [-0.15, -0.1) is 0 Å². The molecule has 0 saturated heterocycles. The van der Waals surface area contributed by atoms with Crippen molar-refractivity contribution in [3.8, 4) is 0 Å². The Kier molecular flexibility index (Phi) is 2.14. The van der Waals surface area contributed by atoms with Crippen LogP contribution in [0.15, 0.2) is 0 Å². The number of aliphatic hydroxyl groups excluding tert-OH is 1. The lowest BCUT2D eigenvalue weighted by molar-refractivity contribution is 0.163. The summed E-state index contributed by atoms with van der Waals surface area (Å²) in [6.07, 6.45) is -0.491. The monoisotopic (exact) mass is 74.1 g/mol. The lowest BCUT2D eigenvalue weighted by Crippen LogP contribution is -2.11. The Morgan fingerprint density at radius 3 is 2.00 bits per heavy atom. The highest BCUT2D eigenvalue weighted by atomic mass is 16.3. The highest BCUT2D eigenvalue weighted by Gasteiger charge is 1.81. The van der Waals surface area contributed by atoms with E-state index in [1.54, 1.807) is 14.0 Å². The predicted molar refractivity (Wildman–Crippen MR) is 19.7 cm³/mol. The molecule has 0 aliphatic heterocycles. The smallest absolute Gasteiger partial charge is 0.117 e. The minimum atomic E-state index is -0.491. The molecule has 0 aromatic rings. The van der Waals surface area contributed by atoms with Gasteiger partial charge in [0.1, 0.15) is 6.23 Å². The zero-order chi connectivity index (χ0) is 4.28. The third-order valence-corrected chi connectivity index (χ3v) is 0.374. The van der Waals surface area contributed by atoms with Crippen molar-refractivity contribution < 1.29 is 5.11 Å². The average Bonchev–Trinajstić information content (AvgIpc) is 1.38. The second-order valence-electron chi connectivity index (χ2n) is 0.890. The normalized spacial score (nSPS) is 15.0. The molecule has 0 aromatic carbocycles. The van der Waals surface area contributed by atoms with Crippen molar-refractivity contribution in [2.75, 3.05) is 7.05 Å². The molecule has 5 heavy (non-hydrogen) atoms. The van der Waals surface area contributed by atoms with Gasteiger partial charge in [-0.25, -0.2) is 5.32 Å². The van der Waals surface area contributed by atoms with E-state index in [2.05, 4.69) is 5.32 Å². The van der Waals surface area contributed by atoms with E-state index in [-0.39, 0.29) is 0 Å². The van der Waals surface area contributed by atoms with Crippen molar-refractivity contribution in [2.24, 2.45) is 0 Å². The molecule has 2 heteroatoms. The minimum Gasteiger partial charge on any atom is -0.377 e. The molecule has 0 saturated carbocycles. The van der Waals surface area contributed by atoms with Crippen molar-refractivity contribution in [1.29, 1.82) is 0 Å². The van der Waals surface area contributed by atoms with Gasteiger partial charge < -0.3 is 5.11 Å². The maximum Gasteiger partial charge on any atom is 0.117 e. The standard InChI is InChI=1S/C3H8NO/c1-3(5)4-2/h3,5H,1-2H3. The number of aliphatic hydroxyl groups is 1. The highest BCUT2D eigenvalue weighted by molar-refractivity contribution is 4.27. The summed E-state index contributed by atoms with van der Waals surface area (Å²) in [4.78, 5) is 0. The minimum absolute atomic E-state index is 0.491. The van der Waals surface area contributed by atoms with E-state index in [1.165, 1.54) is 0 Å². The lowest BCUT2D eigenvalue weighted by atomic mass is 10.7. The zero-order valence-corrected chi connectivity index (χ0v) is 3.47. The first-order chi connectivity index (χ1) is 2.27. The summed E-state index contributed by atoms with van der Waals surface area (Å²) in [6, 6.07) is 0. The number of nitrogens with zero attached hydrogens (tertiary/aromatic N) is 1. The van der Waals surface area contributed by atoms with Crippen LogP contribution in [0.2, 0.25) is 0 Å². The maximum atomic E-state index is 8.19. The van der Waals surface area contributed by atoms with Crippen LogP contribution in [0.4, 0.5) is 0 Å². The molecule has 1 unspecified atom stereocenters. The summed E-state index contributed by atoms with van der Waals surface area (Å²) >= 11 is 0. The quantitative estimate of drug-likeness (QED) is 0.449. The van der Waals surface area contributed by atoms with Crippen molar-refractivity contribution in [3.05, 3.63) is 0 Å². The van der Waals surface area contributed by atoms with Gasteiger partial charge in [0, 0.05) is 7.05 Å². The molecule has 0 amide bonds. The van der Waals surface area contributed by atoms with E-state index < -0.39 is 6.23 Å². The Morgan fingerprint density at radius 2 is 2.00 bits per heavy atom. The first-order valence-corrected chi connectivity index (χ1v) is 1.54. The molecule has 0 heterocycles. The van der Waals surface area contributed by atoms with Crippen LogP contribution in [0.3, 0.4) is 0 Å². The Labute approximate surface area is 31.8 Å². The summed E-state index contributed by atoms with van der Waals surface area (Å²) in [5, 5.41) is 11.6. The Balaban J connectivity index is 2.54. The van der Waals surface area contributed by atoms with Gasteiger partial charge in [-0.05, 0) is 6.92 Å². The fourth-order valence-corrected chi connectivity index (χ4v) is 0. The van der Waals surface area contributed by atoms with E-state index in [0.717, 1.165) is 0 Å². The third kappa shape index (κ3) is 3.92. The lowest BCUT2D eigenvalue weighted by Gasteiger charge is -1.91. The fourth-order valence-electron chi connectivity index (χ4n) is 0. The first-order valence-electron chi connectivity index (χ1n) is 1.54. The first kappa shape index (κ1) is 4.92. The van der Waals surface area contributed by atoms with Gasteiger partial charge in [0.05, 0.1) is 0 Å². The fraction of sp³-hybridized carbons (Fsp3) is 1.00. The molecule has 0 aliphatic rings. The molecule has 1 N–H and O–H groups in total. The average molecular weight is 74.1 g/mol. The van der Waals surface area contributed by atoms with Crippen LogP contribution in [0.5, 0.6) is 0 Å². The van der Waals surface area contributed by atoms with Crippen molar-refractivity contribution >= 4 is 0 Å². The Bertz CT molecular complexity index is 20.9. The third-order valence-electron chi connectivity index (χ3n) is 0.374. The van der Waals surface area contributed by atoms with Crippen LogP contribution in [-0.4, -0.2) is 18.4 Å². The van der Waals surface area contributed by atoms with Gasteiger partial charge in [-0.1, -0.05) is 0 Å². The highest BCUT2D eigenvalue weighted by Crippen LogP contribution is 1.63. The van der Waals surface area contributed by atoms with Gasteiger partial charge in [0.15, 0.2) is 0 Å². The summed E-state index contributed by atoms with van der Waals surface area (Å²) < 4.78 is 0. The largest absolute Gasteiger partial charge is 0.377 e. The van der Waals surface area contributed by atoms with Crippen molar-refractivity contribution in [3.63, 3.8) is 0 Å². The van der Waals surface area contributed by atoms with Crippen LogP contribution in [-0.2, 0) is 0 Å². The Hall–Kier alpha value is -0.0800. The van der Waals surface area contributed by atoms with Crippen LogP contribution in [0.25, 0.3) is 0 Å². The number of rotatable bonds is 1. The number of hydrogen-bond donors (Lipinski definition) is 1. The van der Waals surface area contributed by atoms with Crippen LogP contribution < -0.4 is 5.32 Å². The maximum absolute atomic E-state index is 8.19. The van der Waals surface area contributed by atoms with E-state index in [4.69, 9.17) is 5.11 Å². The summed E-state index contributed by atoms with van der Waals surface area (Å²) in [7, 11) is 1.57. The summed E-state index contributed by atoms with van der Waals surface area (Å²) in [6.45, 7) is 1.61. The van der Waals surface area contributed by atoms with Crippen molar-refractivity contribution in [2.45, 2.75) is 13.2 Å². The van der Waals surface area contributed by atoms with Crippen LogP contribution in [0, 0.1) is 0 Å². The molecule has 0 rings (SSSR count). The molecule has 0 aliphatic carbocycles. The molecule has 1 atom stereocenters. The molecule has 0 spiro atoms. The molecular formula is C3H8NO. The van der Waals surface area contributed by atoms with Crippen LogP contribution in [0.1, 0.15) is 6.92 Å². The molecule has 0 fully saturated rings. The SMILES string of the molecule is C[N]C(C)O. The molecule has 1 radical (unpaired) electrons. The zero-order valence-electron chi connectivity index (χ0n) is 3.47. The number of hydrogen-bond acceptors (Lipinski definition) is 1. The van der Waals surface area contributed by atoms with Gasteiger partial charge in [0.2, 0.25) is 0 Å². The van der Waals surface area contributed by atoms with E-state index in [9.17, 15) is 0 Å². The molecule has 2 nitrogen and oxygen atoms in total. The summed E-state index contributed by atoms with van der Waals surface area (Å²) in [5.74, 6) is 0. The van der Waals surface area contributed by atoms with E-state index in [0.29, 0.717) is 0 Å². The van der Waals surface area contributed by atoms with Gasteiger partial charge in [0.25, 0.3) is 0 Å². The molecule has 31 valence electrons. The van der Waals surface area contributed by atoms with E-state index >= 15 is 0 Å². The van der Waals surface area contributed by atoms with Gasteiger partial charge in [-0.2, -0.15) is 0 Å². The second kappa shape index (κ2) is 2.18.